The number of halogens is 1. The van der Waals surface area contributed by atoms with Crippen molar-refractivity contribution in [2.75, 3.05) is 18.9 Å². The number of anilines is 1. The second kappa shape index (κ2) is 9.36. The van der Waals surface area contributed by atoms with Crippen molar-refractivity contribution in [3.05, 3.63) is 65.1 Å². The van der Waals surface area contributed by atoms with Gasteiger partial charge < -0.3 is 15.3 Å². The van der Waals surface area contributed by atoms with Gasteiger partial charge in [0, 0.05) is 30.9 Å². The molecule has 2 aromatic heterocycles. The predicted molar refractivity (Wildman–Crippen MR) is 112 cm³/mol. The van der Waals surface area contributed by atoms with E-state index in [-0.39, 0.29) is 17.5 Å². The Morgan fingerprint density at radius 3 is 2.57 bits per heavy atom. The number of carboxylic acids is 1. The number of carbonyl (C=O) groups is 2. The van der Waals surface area contributed by atoms with Gasteiger partial charge in [-0.15, -0.1) is 0 Å². The highest BCUT2D eigenvalue weighted by Gasteiger charge is 2.23. The molecule has 0 radical (unpaired) electrons. The van der Waals surface area contributed by atoms with Crippen LogP contribution >= 0.6 is 11.6 Å². The van der Waals surface area contributed by atoms with Crippen LogP contribution in [0.5, 0.6) is 0 Å². The van der Waals surface area contributed by atoms with Crippen molar-refractivity contribution in [1.82, 2.24) is 24.9 Å². The number of nitrogens with one attached hydrogen (secondary N) is 1. The van der Waals surface area contributed by atoms with Crippen LogP contribution in [0.15, 0.2) is 48.9 Å². The minimum Gasteiger partial charge on any atom is -0.478 e. The summed E-state index contributed by atoms with van der Waals surface area (Å²) in [5, 5.41) is 20.8. The number of aromatic nitrogens is 4. The summed E-state index contributed by atoms with van der Waals surface area (Å²) in [7, 11) is 1.72. The molecule has 30 heavy (non-hydrogen) atoms. The van der Waals surface area contributed by atoms with E-state index in [4.69, 9.17) is 16.7 Å². The highest BCUT2D eigenvalue weighted by molar-refractivity contribution is 6.31. The zero-order valence-corrected chi connectivity index (χ0v) is 17.2. The molecule has 3 aromatic rings. The Morgan fingerprint density at radius 1 is 1.23 bits per heavy atom. The van der Waals surface area contributed by atoms with Gasteiger partial charge in [0.15, 0.2) is 0 Å². The van der Waals surface area contributed by atoms with E-state index in [9.17, 15) is 9.59 Å². The summed E-state index contributed by atoms with van der Waals surface area (Å²) in [5.74, 6) is -0.717. The molecule has 3 rings (SSSR count). The fourth-order valence-electron chi connectivity index (χ4n) is 2.95. The normalized spacial score (nSPS) is 11.7. The molecule has 156 valence electrons. The second-order valence-electron chi connectivity index (χ2n) is 6.58. The molecule has 0 aliphatic carbocycles. The molecular formula is C20H21ClN6O3. The van der Waals surface area contributed by atoms with Gasteiger partial charge in [-0.2, -0.15) is 15.0 Å². The highest BCUT2D eigenvalue weighted by Crippen LogP contribution is 2.21. The first kappa shape index (κ1) is 21.3. The summed E-state index contributed by atoms with van der Waals surface area (Å²) >= 11 is 6.13. The Bertz CT molecular complexity index is 1020. The molecule has 0 saturated heterocycles. The number of pyridine rings is 1. The van der Waals surface area contributed by atoms with Gasteiger partial charge in [-0.05, 0) is 36.8 Å². The lowest BCUT2D eigenvalue weighted by Gasteiger charge is -2.28. The molecule has 0 fully saturated rings. The van der Waals surface area contributed by atoms with Crippen LogP contribution < -0.4 is 5.32 Å². The van der Waals surface area contributed by atoms with E-state index in [1.165, 1.54) is 29.5 Å². The van der Waals surface area contributed by atoms with Gasteiger partial charge in [0.1, 0.15) is 5.82 Å². The van der Waals surface area contributed by atoms with Crippen LogP contribution in [0.2, 0.25) is 5.02 Å². The molecular weight excluding hydrogens is 408 g/mol. The van der Waals surface area contributed by atoms with E-state index >= 15 is 0 Å². The Balaban J connectivity index is 1.75. The molecule has 10 heteroatoms. The van der Waals surface area contributed by atoms with Crippen LogP contribution in [0.4, 0.5) is 5.82 Å². The lowest BCUT2D eigenvalue weighted by Crippen LogP contribution is -2.41. The van der Waals surface area contributed by atoms with Crippen molar-refractivity contribution < 1.29 is 14.7 Å². The van der Waals surface area contributed by atoms with Gasteiger partial charge in [-0.25, -0.2) is 9.78 Å². The van der Waals surface area contributed by atoms with Gasteiger partial charge in [-0.3, -0.25) is 4.79 Å². The minimum atomic E-state index is -1.03. The fourth-order valence-corrected chi connectivity index (χ4v) is 3.12. The van der Waals surface area contributed by atoms with E-state index in [1.807, 2.05) is 6.92 Å². The van der Waals surface area contributed by atoms with Crippen LogP contribution in [-0.2, 0) is 0 Å². The maximum absolute atomic E-state index is 13.2. The number of amides is 1. The first-order chi connectivity index (χ1) is 14.4. The highest BCUT2D eigenvalue weighted by atomic mass is 35.5. The van der Waals surface area contributed by atoms with E-state index in [0.29, 0.717) is 35.1 Å². The molecule has 9 nitrogen and oxygen atoms in total. The van der Waals surface area contributed by atoms with Crippen molar-refractivity contribution >= 4 is 29.3 Å². The van der Waals surface area contributed by atoms with E-state index in [0.717, 1.165) is 0 Å². The molecule has 1 aromatic carbocycles. The molecule has 0 aliphatic rings. The second-order valence-corrected chi connectivity index (χ2v) is 7.01. The van der Waals surface area contributed by atoms with Crippen LogP contribution in [0.3, 0.4) is 0 Å². The summed E-state index contributed by atoms with van der Waals surface area (Å²) in [6.07, 6.45) is 5.05. The minimum absolute atomic E-state index is 0.112. The topological polar surface area (TPSA) is 113 Å². The number of hydrogen-bond donors (Lipinski definition) is 2. The third-order valence-electron chi connectivity index (χ3n) is 4.69. The lowest BCUT2D eigenvalue weighted by atomic mass is 10.1. The maximum Gasteiger partial charge on any atom is 0.337 e. The smallest absolute Gasteiger partial charge is 0.337 e. The third-order valence-corrected chi connectivity index (χ3v) is 4.93. The van der Waals surface area contributed by atoms with Crippen molar-refractivity contribution in [2.24, 2.45) is 0 Å². The van der Waals surface area contributed by atoms with Crippen LogP contribution in [0.25, 0.3) is 5.69 Å². The summed E-state index contributed by atoms with van der Waals surface area (Å²) in [4.78, 5) is 31.3. The van der Waals surface area contributed by atoms with E-state index in [1.54, 1.807) is 36.2 Å². The fraction of sp³-hybridized carbons (Fsp3) is 0.250. The van der Waals surface area contributed by atoms with Crippen molar-refractivity contribution in [3.8, 4) is 5.69 Å². The van der Waals surface area contributed by atoms with Crippen LogP contribution in [0.1, 0.15) is 34.1 Å². The molecule has 0 bridgehead atoms. The predicted octanol–water partition coefficient (Wildman–Crippen LogP) is 2.98. The zero-order chi connectivity index (χ0) is 21.7. The third kappa shape index (κ3) is 4.74. The number of rotatable bonds is 8. The van der Waals surface area contributed by atoms with E-state index in [2.05, 4.69) is 20.5 Å². The largest absolute Gasteiger partial charge is 0.478 e. The molecule has 1 atom stereocenters. The zero-order valence-electron chi connectivity index (χ0n) is 16.5. The van der Waals surface area contributed by atoms with Crippen LogP contribution in [0, 0.1) is 0 Å². The molecule has 0 saturated carbocycles. The summed E-state index contributed by atoms with van der Waals surface area (Å²) in [6, 6.07) is 7.92. The number of nitrogens with zero attached hydrogens (tertiary/aromatic N) is 5. The SMILES string of the molecule is CCC(CNc1ccc(C(=O)O)cn1)N(C)C(=O)c1cc(Cl)ccc1-n1nccn1. The van der Waals surface area contributed by atoms with Crippen molar-refractivity contribution in [2.45, 2.75) is 19.4 Å². The van der Waals surface area contributed by atoms with Gasteiger partial charge in [0.05, 0.1) is 29.2 Å². The lowest BCUT2D eigenvalue weighted by molar-refractivity contribution is 0.0694. The number of likely N-dealkylation sites (N-methyl/N-ethyl adjacent to an activating group) is 1. The van der Waals surface area contributed by atoms with Crippen molar-refractivity contribution in [1.29, 1.82) is 0 Å². The van der Waals surface area contributed by atoms with Gasteiger partial charge in [0.2, 0.25) is 0 Å². The number of carboxylic acid groups (broad SMARTS) is 1. The summed E-state index contributed by atoms with van der Waals surface area (Å²) < 4.78 is 0. The van der Waals surface area contributed by atoms with Crippen molar-refractivity contribution in [3.63, 3.8) is 0 Å². The number of carbonyl (C=O) groups excluding carboxylic acids is 1. The Morgan fingerprint density at radius 2 is 1.97 bits per heavy atom. The number of aromatic carboxylic acids is 1. The average Bonchev–Trinajstić information content (AvgIpc) is 3.28. The average molecular weight is 429 g/mol. The molecule has 2 heterocycles. The van der Waals surface area contributed by atoms with Crippen LogP contribution in [-0.4, -0.2) is 61.5 Å². The summed E-state index contributed by atoms with van der Waals surface area (Å²) in [6.45, 7) is 2.42. The Kier molecular flexibility index (Phi) is 6.63. The molecule has 0 aliphatic heterocycles. The standard InChI is InChI=1S/C20H21ClN6O3/c1-3-15(12-23-18-7-4-13(11-22-18)20(29)30)26(2)19(28)16-10-14(21)5-6-17(16)27-24-8-9-25-27/h4-11,15H,3,12H2,1-2H3,(H,22,23)(H,29,30). The monoisotopic (exact) mass is 428 g/mol. The number of benzene rings is 1. The Labute approximate surface area is 178 Å². The quantitative estimate of drug-likeness (QED) is 0.567. The van der Waals surface area contributed by atoms with Gasteiger partial charge >= 0.3 is 5.97 Å². The number of hydrogen-bond acceptors (Lipinski definition) is 6. The Hall–Kier alpha value is -3.46. The summed E-state index contributed by atoms with van der Waals surface area (Å²) in [5.41, 5.74) is 1.04. The first-order valence-corrected chi connectivity index (χ1v) is 9.65. The van der Waals surface area contributed by atoms with Gasteiger partial charge in [-0.1, -0.05) is 18.5 Å². The van der Waals surface area contributed by atoms with Gasteiger partial charge in [0.25, 0.3) is 5.91 Å². The molecule has 2 N–H and O–H groups in total. The first-order valence-electron chi connectivity index (χ1n) is 9.27. The molecule has 0 spiro atoms. The van der Waals surface area contributed by atoms with E-state index < -0.39 is 5.97 Å². The maximum atomic E-state index is 13.2. The molecule has 1 unspecified atom stereocenters. The molecule has 1 amide bonds.